The fourth-order valence-corrected chi connectivity index (χ4v) is 2.35. The average Bonchev–Trinajstić information content (AvgIpc) is 2.49. The van der Waals surface area contributed by atoms with Crippen molar-refractivity contribution in [3.05, 3.63) is 30.3 Å². The van der Waals surface area contributed by atoms with E-state index in [9.17, 15) is 9.59 Å². The lowest BCUT2D eigenvalue weighted by Gasteiger charge is -2.21. The summed E-state index contributed by atoms with van der Waals surface area (Å²) in [6.07, 6.45) is 0.267. The summed E-state index contributed by atoms with van der Waals surface area (Å²) < 4.78 is 4.81. The third-order valence-electron chi connectivity index (χ3n) is 2.57. The normalized spacial score (nSPS) is 9.71. The number of nitrogens with zero attached hydrogens (tertiary/aromatic N) is 2. The lowest BCUT2D eigenvalue weighted by Crippen LogP contribution is -2.33. The second-order valence-electron chi connectivity index (χ2n) is 4.09. The number of hydrogen-bond acceptors (Lipinski definition) is 5. The Labute approximate surface area is 128 Å². The number of para-hydroxylation sites is 1. The Bertz CT molecular complexity index is 499. The molecule has 0 N–H and O–H groups in total. The maximum Gasteiger partial charge on any atom is 0.315 e. The van der Waals surface area contributed by atoms with Crippen LogP contribution in [0.25, 0.3) is 0 Å². The summed E-state index contributed by atoms with van der Waals surface area (Å²) in [5.74, 6) is -0.107. The van der Waals surface area contributed by atoms with Crippen LogP contribution < -0.4 is 4.90 Å². The van der Waals surface area contributed by atoms with Gasteiger partial charge < -0.3 is 9.64 Å². The lowest BCUT2D eigenvalue weighted by molar-refractivity contribution is -0.139. The monoisotopic (exact) mass is 306 g/mol. The minimum atomic E-state index is -0.321. The Morgan fingerprint density at radius 1 is 1.29 bits per heavy atom. The van der Waals surface area contributed by atoms with Gasteiger partial charge in [-0.05, 0) is 19.1 Å². The van der Waals surface area contributed by atoms with Gasteiger partial charge >= 0.3 is 5.97 Å². The number of carbonyl (C=O) groups is 2. The van der Waals surface area contributed by atoms with E-state index in [0.717, 1.165) is 5.69 Å². The molecular formula is C15H18N2O3S. The summed E-state index contributed by atoms with van der Waals surface area (Å²) in [5, 5.41) is 8.70. The van der Waals surface area contributed by atoms with Crippen molar-refractivity contribution in [3.63, 3.8) is 0 Å². The molecule has 1 amide bonds. The molecule has 0 fully saturated rings. The highest BCUT2D eigenvalue weighted by molar-refractivity contribution is 8.00. The van der Waals surface area contributed by atoms with Crippen LogP contribution in [0.4, 0.5) is 5.69 Å². The van der Waals surface area contributed by atoms with Crippen molar-refractivity contribution in [3.8, 4) is 6.07 Å². The summed E-state index contributed by atoms with van der Waals surface area (Å²) in [4.78, 5) is 25.0. The first kappa shape index (κ1) is 17.1. The third-order valence-corrected chi connectivity index (χ3v) is 3.46. The molecule has 21 heavy (non-hydrogen) atoms. The largest absolute Gasteiger partial charge is 0.465 e. The zero-order valence-corrected chi connectivity index (χ0v) is 12.8. The third kappa shape index (κ3) is 6.32. The van der Waals surface area contributed by atoms with E-state index in [0.29, 0.717) is 13.2 Å². The Balaban J connectivity index is 2.56. The summed E-state index contributed by atoms with van der Waals surface area (Å²) in [6, 6.07) is 11.2. The molecule has 1 aromatic carbocycles. The minimum absolute atomic E-state index is 0.120. The fraction of sp³-hybridized carbons (Fsp3) is 0.400. The van der Waals surface area contributed by atoms with Crippen LogP contribution in [0.1, 0.15) is 13.3 Å². The number of carbonyl (C=O) groups excluding carboxylic acids is 2. The van der Waals surface area contributed by atoms with E-state index in [1.807, 2.05) is 36.4 Å². The highest BCUT2D eigenvalue weighted by Gasteiger charge is 2.15. The molecule has 0 radical (unpaired) electrons. The van der Waals surface area contributed by atoms with Crippen molar-refractivity contribution in [2.75, 3.05) is 29.6 Å². The molecule has 112 valence electrons. The number of ether oxygens (including phenoxy) is 1. The predicted octanol–water partition coefficient (Wildman–Crippen LogP) is 2.23. The van der Waals surface area contributed by atoms with Crippen LogP contribution in [-0.4, -0.2) is 36.5 Å². The van der Waals surface area contributed by atoms with Crippen molar-refractivity contribution < 1.29 is 14.3 Å². The van der Waals surface area contributed by atoms with Crippen LogP contribution in [0.3, 0.4) is 0 Å². The van der Waals surface area contributed by atoms with Crippen molar-refractivity contribution in [1.82, 2.24) is 0 Å². The Kier molecular flexibility index (Phi) is 7.99. The highest BCUT2D eigenvalue weighted by Crippen LogP contribution is 2.15. The fourth-order valence-electron chi connectivity index (χ4n) is 1.67. The van der Waals surface area contributed by atoms with Crippen molar-refractivity contribution in [1.29, 1.82) is 5.26 Å². The summed E-state index contributed by atoms with van der Waals surface area (Å²) in [5.41, 5.74) is 0.759. The molecule has 0 bridgehead atoms. The van der Waals surface area contributed by atoms with Gasteiger partial charge in [0.05, 0.1) is 30.6 Å². The first-order chi connectivity index (χ1) is 10.2. The van der Waals surface area contributed by atoms with Crippen molar-refractivity contribution >= 4 is 29.3 Å². The Morgan fingerprint density at radius 3 is 2.62 bits per heavy atom. The second-order valence-corrected chi connectivity index (χ2v) is 5.07. The molecule has 5 nitrogen and oxygen atoms in total. The molecule has 0 aliphatic heterocycles. The first-order valence-corrected chi connectivity index (χ1v) is 7.80. The highest BCUT2D eigenvalue weighted by atomic mass is 32.2. The van der Waals surface area contributed by atoms with Gasteiger partial charge in [-0.3, -0.25) is 9.59 Å². The van der Waals surface area contributed by atoms with Gasteiger partial charge in [0.2, 0.25) is 5.91 Å². The number of benzene rings is 1. The van der Waals surface area contributed by atoms with Crippen LogP contribution >= 0.6 is 11.8 Å². The number of esters is 1. The number of hydrogen-bond donors (Lipinski definition) is 0. The quantitative estimate of drug-likeness (QED) is 0.689. The predicted molar refractivity (Wildman–Crippen MR) is 83.0 cm³/mol. The summed E-state index contributed by atoms with van der Waals surface area (Å²) >= 11 is 1.22. The molecule has 1 aromatic rings. The molecule has 0 heterocycles. The number of rotatable bonds is 8. The standard InChI is InChI=1S/C15H18N2O3S/c1-2-20-15(19)12-21-11-14(18)17(10-6-9-16)13-7-4-3-5-8-13/h3-5,7-8H,2,6,10-12H2,1H3. The van der Waals surface area contributed by atoms with E-state index < -0.39 is 0 Å². The molecule has 0 saturated carbocycles. The lowest BCUT2D eigenvalue weighted by atomic mass is 10.2. The van der Waals surface area contributed by atoms with Crippen molar-refractivity contribution in [2.24, 2.45) is 0 Å². The summed E-state index contributed by atoms with van der Waals surface area (Å²) in [7, 11) is 0. The Hall–Kier alpha value is -2.00. The smallest absolute Gasteiger partial charge is 0.315 e. The van der Waals surface area contributed by atoms with Gasteiger partial charge in [-0.25, -0.2) is 0 Å². The molecule has 0 aliphatic rings. The van der Waals surface area contributed by atoms with E-state index >= 15 is 0 Å². The van der Waals surface area contributed by atoms with Gasteiger partial charge in [0.15, 0.2) is 0 Å². The molecule has 0 unspecified atom stereocenters. The molecule has 0 saturated heterocycles. The summed E-state index contributed by atoms with van der Waals surface area (Å²) in [6.45, 7) is 2.43. The van der Waals surface area contributed by atoms with Gasteiger partial charge in [-0.1, -0.05) is 18.2 Å². The number of thioether (sulfide) groups is 1. The molecule has 6 heteroatoms. The van der Waals surface area contributed by atoms with E-state index in [4.69, 9.17) is 10.00 Å². The van der Waals surface area contributed by atoms with E-state index in [-0.39, 0.29) is 29.8 Å². The van der Waals surface area contributed by atoms with Gasteiger partial charge in [0, 0.05) is 12.2 Å². The topological polar surface area (TPSA) is 70.4 Å². The number of amides is 1. The molecule has 1 rings (SSSR count). The minimum Gasteiger partial charge on any atom is -0.465 e. The van der Waals surface area contributed by atoms with Crippen molar-refractivity contribution in [2.45, 2.75) is 13.3 Å². The van der Waals surface area contributed by atoms with Gasteiger partial charge in [-0.2, -0.15) is 5.26 Å². The van der Waals surface area contributed by atoms with Gasteiger partial charge in [0.25, 0.3) is 0 Å². The van der Waals surface area contributed by atoms with E-state index in [2.05, 4.69) is 0 Å². The maximum atomic E-state index is 12.2. The van der Waals surface area contributed by atoms with Crippen LogP contribution in [0.5, 0.6) is 0 Å². The zero-order valence-electron chi connectivity index (χ0n) is 11.9. The molecular weight excluding hydrogens is 288 g/mol. The number of nitriles is 1. The van der Waals surface area contributed by atoms with E-state index in [1.165, 1.54) is 11.8 Å². The molecule has 0 spiro atoms. The second kappa shape index (κ2) is 9.83. The van der Waals surface area contributed by atoms with Crippen LogP contribution in [0.15, 0.2) is 30.3 Å². The SMILES string of the molecule is CCOC(=O)CSCC(=O)N(CCC#N)c1ccccc1. The number of anilines is 1. The van der Waals surface area contributed by atoms with Gasteiger partial charge in [0.1, 0.15) is 0 Å². The maximum absolute atomic E-state index is 12.2. The zero-order chi connectivity index (χ0) is 15.5. The molecule has 0 aliphatic carbocycles. The Morgan fingerprint density at radius 2 is 2.00 bits per heavy atom. The molecule has 0 atom stereocenters. The molecule has 0 aromatic heterocycles. The van der Waals surface area contributed by atoms with Gasteiger partial charge in [-0.15, -0.1) is 11.8 Å². The first-order valence-electron chi connectivity index (χ1n) is 6.64. The van der Waals surface area contributed by atoms with E-state index in [1.54, 1.807) is 11.8 Å². The van der Waals surface area contributed by atoms with Crippen LogP contribution in [0.2, 0.25) is 0 Å². The average molecular weight is 306 g/mol. The van der Waals surface area contributed by atoms with Crippen LogP contribution in [0, 0.1) is 11.3 Å². The van der Waals surface area contributed by atoms with Crippen LogP contribution in [-0.2, 0) is 14.3 Å².